The molecule has 0 saturated carbocycles. The van der Waals surface area contributed by atoms with Gasteiger partial charge in [0.2, 0.25) is 11.8 Å². The van der Waals surface area contributed by atoms with Gasteiger partial charge in [-0.2, -0.15) is 13.2 Å². The molecule has 2 aliphatic heterocycles. The van der Waals surface area contributed by atoms with Crippen molar-refractivity contribution in [2.45, 2.75) is 25.4 Å². The van der Waals surface area contributed by atoms with Gasteiger partial charge in [0, 0.05) is 13.1 Å². The molecular weight excluding hydrogens is 337 g/mol. The summed E-state index contributed by atoms with van der Waals surface area (Å²) in [6.45, 7) is -0.950. The molecule has 1 N–H and O–H groups in total. The molecule has 2 heterocycles. The van der Waals surface area contributed by atoms with Gasteiger partial charge in [-0.3, -0.25) is 9.59 Å². The number of piperidine rings is 1. The summed E-state index contributed by atoms with van der Waals surface area (Å²) < 4.78 is 59.3. The third kappa shape index (κ3) is 5.08. The molecule has 132 valence electrons. The topological polar surface area (TPSA) is 83.6 Å². The maximum Gasteiger partial charge on any atom is 0.405 e. The molecule has 0 aromatic carbocycles. The van der Waals surface area contributed by atoms with Gasteiger partial charge < -0.3 is 10.2 Å². The van der Waals surface area contributed by atoms with E-state index in [2.05, 4.69) is 0 Å². The number of amides is 2. The van der Waals surface area contributed by atoms with Crippen molar-refractivity contribution in [1.29, 1.82) is 0 Å². The van der Waals surface area contributed by atoms with Crippen LogP contribution in [0.15, 0.2) is 0 Å². The molecule has 2 aliphatic rings. The lowest BCUT2D eigenvalue weighted by atomic mass is 9.95. The van der Waals surface area contributed by atoms with E-state index >= 15 is 0 Å². The van der Waals surface area contributed by atoms with Gasteiger partial charge in [-0.15, -0.1) is 0 Å². The molecule has 0 bridgehead atoms. The minimum atomic E-state index is -4.47. The molecule has 0 radical (unpaired) electrons. The highest BCUT2D eigenvalue weighted by molar-refractivity contribution is 7.91. The Morgan fingerprint density at radius 2 is 1.87 bits per heavy atom. The Labute approximate surface area is 132 Å². The molecule has 2 amide bonds. The lowest BCUT2D eigenvalue weighted by Crippen LogP contribution is -2.48. The van der Waals surface area contributed by atoms with E-state index < -0.39 is 40.3 Å². The first kappa shape index (κ1) is 18.0. The van der Waals surface area contributed by atoms with Crippen LogP contribution in [0.1, 0.15) is 19.3 Å². The van der Waals surface area contributed by atoms with Crippen molar-refractivity contribution in [1.82, 2.24) is 10.2 Å². The Balaban J connectivity index is 1.90. The first-order valence-corrected chi connectivity index (χ1v) is 9.23. The quantitative estimate of drug-likeness (QED) is 0.790. The third-order valence-electron chi connectivity index (χ3n) is 4.15. The van der Waals surface area contributed by atoms with E-state index in [0.717, 1.165) is 0 Å². The van der Waals surface area contributed by atoms with Gasteiger partial charge >= 0.3 is 6.18 Å². The Bertz CT molecular complexity index is 576. The van der Waals surface area contributed by atoms with Crippen LogP contribution in [0.2, 0.25) is 0 Å². The number of sulfone groups is 1. The molecule has 0 spiro atoms. The van der Waals surface area contributed by atoms with Gasteiger partial charge in [0.15, 0.2) is 9.84 Å². The third-order valence-corrected chi connectivity index (χ3v) is 5.92. The van der Waals surface area contributed by atoms with Crippen molar-refractivity contribution in [3.8, 4) is 0 Å². The lowest BCUT2D eigenvalue weighted by molar-refractivity contribution is -0.144. The highest BCUT2D eigenvalue weighted by atomic mass is 32.2. The Morgan fingerprint density at radius 3 is 2.43 bits per heavy atom. The highest BCUT2D eigenvalue weighted by Gasteiger charge is 2.38. The summed E-state index contributed by atoms with van der Waals surface area (Å²) in [5.74, 6) is -2.54. The van der Waals surface area contributed by atoms with E-state index in [4.69, 9.17) is 0 Å². The summed E-state index contributed by atoms with van der Waals surface area (Å²) in [6.07, 6.45) is -3.29. The van der Waals surface area contributed by atoms with E-state index in [1.807, 2.05) is 5.32 Å². The number of likely N-dealkylation sites (tertiary alicyclic amines) is 1. The van der Waals surface area contributed by atoms with Crippen molar-refractivity contribution >= 4 is 21.7 Å². The fraction of sp³-hybridized carbons (Fsp3) is 0.846. The number of halogens is 3. The molecule has 2 fully saturated rings. The zero-order valence-corrected chi connectivity index (χ0v) is 13.3. The minimum absolute atomic E-state index is 0.0211. The van der Waals surface area contributed by atoms with E-state index in [-0.39, 0.29) is 30.4 Å². The van der Waals surface area contributed by atoms with Crippen LogP contribution in [0, 0.1) is 11.8 Å². The highest BCUT2D eigenvalue weighted by Crippen LogP contribution is 2.24. The second-order valence-corrected chi connectivity index (χ2v) is 8.29. The summed E-state index contributed by atoms with van der Waals surface area (Å²) in [7, 11) is -3.19. The van der Waals surface area contributed by atoms with Gasteiger partial charge in [-0.25, -0.2) is 8.42 Å². The van der Waals surface area contributed by atoms with Crippen LogP contribution in [0.3, 0.4) is 0 Å². The number of carbonyl (C=O) groups is 2. The van der Waals surface area contributed by atoms with Gasteiger partial charge in [-0.1, -0.05) is 0 Å². The smallest absolute Gasteiger partial charge is 0.347 e. The predicted octanol–water partition coefficient (Wildman–Crippen LogP) is 0.338. The van der Waals surface area contributed by atoms with Crippen LogP contribution < -0.4 is 5.32 Å². The number of carbonyl (C=O) groups excluding carboxylic acids is 2. The monoisotopic (exact) mass is 356 g/mol. The van der Waals surface area contributed by atoms with Crippen LogP contribution >= 0.6 is 0 Å². The van der Waals surface area contributed by atoms with Crippen molar-refractivity contribution in [2.24, 2.45) is 11.8 Å². The molecule has 10 heteroatoms. The summed E-state index contributed by atoms with van der Waals surface area (Å²) in [4.78, 5) is 25.5. The van der Waals surface area contributed by atoms with Gasteiger partial charge in [0.1, 0.15) is 6.54 Å². The molecule has 0 aliphatic carbocycles. The Kier molecular flexibility index (Phi) is 5.22. The van der Waals surface area contributed by atoms with Crippen molar-refractivity contribution < 1.29 is 31.2 Å². The van der Waals surface area contributed by atoms with E-state index in [0.29, 0.717) is 19.4 Å². The SMILES string of the molecule is O=C(NCC(F)(F)F)C1CCCN(C(=O)C2CCS(=O)(=O)C2)C1. The number of alkyl halides is 3. The number of hydrogen-bond acceptors (Lipinski definition) is 4. The van der Waals surface area contributed by atoms with Crippen molar-refractivity contribution in [3.05, 3.63) is 0 Å². The average Bonchev–Trinajstić information content (AvgIpc) is 2.83. The van der Waals surface area contributed by atoms with Crippen LogP contribution in [0.5, 0.6) is 0 Å². The van der Waals surface area contributed by atoms with E-state index in [1.54, 1.807) is 0 Å². The minimum Gasteiger partial charge on any atom is -0.347 e. The molecule has 23 heavy (non-hydrogen) atoms. The largest absolute Gasteiger partial charge is 0.405 e. The molecule has 2 rings (SSSR count). The van der Waals surface area contributed by atoms with Crippen LogP contribution in [-0.2, 0) is 19.4 Å². The first-order valence-electron chi connectivity index (χ1n) is 7.41. The second kappa shape index (κ2) is 6.66. The zero-order valence-electron chi connectivity index (χ0n) is 12.4. The van der Waals surface area contributed by atoms with Gasteiger partial charge in [0.05, 0.1) is 23.3 Å². The number of rotatable bonds is 3. The Hall–Kier alpha value is -1.32. The maximum absolute atomic E-state index is 12.3. The fourth-order valence-corrected chi connectivity index (χ4v) is 4.70. The second-order valence-electron chi connectivity index (χ2n) is 6.06. The standard InChI is InChI=1S/C13H19F3N2O4S/c14-13(15,16)8-17-11(19)9-2-1-4-18(6-9)12(20)10-3-5-23(21,22)7-10/h9-10H,1-8H2,(H,17,19). The average molecular weight is 356 g/mol. The molecule has 2 atom stereocenters. The predicted molar refractivity (Wildman–Crippen MR) is 75.1 cm³/mol. The molecule has 0 aromatic heterocycles. The summed E-state index contributed by atoms with van der Waals surface area (Å²) in [5, 5.41) is 1.84. The van der Waals surface area contributed by atoms with Crippen LogP contribution in [0.4, 0.5) is 13.2 Å². The van der Waals surface area contributed by atoms with Crippen molar-refractivity contribution in [3.63, 3.8) is 0 Å². The number of hydrogen-bond donors (Lipinski definition) is 1. The zero-order chi connectivity index (χ0) is 17.3. The molecule has 2 saturated heterocycles. The first-order chi connectivity index (χ1) is 10.6. The molecule has 2 unspecified atom stereocenters. The van der Waals surface area contributed by atoms with Gasteiger partial charge in [0.25, 0.3) is 0 Å². The summed E-state index contributed by atoms with van der Waals surface area (Å²) in [6, 6.07) is 0. The summed E-state index contributed by atoms with van der Waals surface area (Å²) in [5.41, 5.74) is 0. The van der Waals surface area contributed by atoms with Crippen molar-refractivity contribution in [2.75, 3.05) is 31.1 Å². The van der Waals surface area contributed by atoms with Crippen LogP contribution in [-0.4, -0.2) is 62.4 Å². The lowest BCUT2D eigenvalue weighted by Gasteiger charge is -2.33. The maximum atomic E-state index is 12.3. The fourth-order valence-electron chi connectivity index (χ4n) is 2.97. The summed E-state index contributed by atoms with van der Waals surface area (Å²) >= 11 is 0. The van der Waals surface area contributed by atoms with Crippen LogP contribution in [0.25, 0.3) is 0 Å². The molecule has 6 nitrogen and oxygen atoms in total. The van der Waals surface area contributed by atoms with E-state index in [9.17, 15) is 31.2 Å². The molecular formula is C13H19F3N2O4S. The van der Waals surface area contributed by atoms with E-state index in [1.165, 1.54) is 4.90 Å². The normalized spacial score (nSPS) is 27.7. The number of nitrogens with zero attached hydrogens (tertiary/aromatic N) is 1. The molecule has 0 aromatic rings. The Morgan fingerprint density at radius 1 is 1.17 bits per heavy atom. The number of nitrogens with one attached hydrogen (secondary N) is 1. The van der Waals surface area contributed by atoms with Gasteiger partial charge in [-0.05, 0) is 19.3 Å².